The highest BCUT2D eigenvalue weighted by molar-refractivity contribution is 7.19. The van der Waals surface area contributed by atoms with Gasteiger partial charge in [-0.3, -0.25) is 0 Å². The molecule has 0 atom stereocenters. The van der Waals surface area contributed by atoms with Crippen molar-refractivity contribution in [3.8, 4) is 0 Å². The summed E-state index contributed by atoms with van der Waals surface area (Å²) in [4.78, 5) is 11.4. The Labute approximate surface area is 144 Å². The van der Waals surface area contributed by atoms with Crippen molar-refractivity contribution in [3.05, 3.63) is 45.6 Å². The highest BCUT2D eigenvalue weighted by Crippen LogP contribution is 2.40. The lowest BCUT2D eigenvalue weighted by Gasteiger charge is -2.14. The number of para-hydroxylation sites is 1. The zero-order chi connectivity index (χ0) is 15.8. The predicted molar refractivity (Wildman–Crippen MR) is 98.2 cm³/mol. The number of hydrogen-bond donors (Lipinski definition) is 1. The van der Waals surface area contributed by atoms with Crippen molar-refractivity contribution in [2.24, 2.45) is 0 Å². The monoisotopic (exact) mass is 343 g/mol. The summed E-state index contributed by atoms with van der Waals surface area (Å²) < 4.78 is 0. The number of nitrogens with zero attached hydrogens (tertiary/aromatic N) is 2. The van der Waals surface area contributed by atoms with Gasteiger partial charge in [0, 0.05) is 10.6 Å². The molecule has 2 aromatic heterocycles. The Morgan fingerprint density at radius 2 is 2.00 bits per heavy atom. The molecule has 1 N–H and O–H groups in total. The van der Waals surface area contributed by atoms with E-state index in [4.69, 9.17) is 11.6 Å². The first-order valence-corrected chi connectivity index (χ1v) is 9.28. The topological polar surface area (TPSA) is 37.8 Å². The Bertz CT molecular complexity index is 872. The van der Waals surface area contributed by atoms with Gasteiger partial charge >= 0.3 is 0 Å². The molecule has 0 saturated heterocycles. The average Bonchev–Trinajstić information content (AvgIpc) is 2.93. The second-order valence-corrected chi connectivity index (χ2v) is 7.29. The lowest BCUT2D eigenvalue weighted by atomic mass is 9.97. The summed E-state index contributed by atoms with van der Waals surface area (Å²) in [7, 11) is 0. The lowest BCUT2D eigenvalue weighted by molar-refractivity contribution is 0.700. The van der Waals surface area contributed by atoms with Crippen molar-refractivity contribution < 1.29 is 0 Å². The molecule has 0 bridgehead atoms. The van der Waals surface area contributed by atoms with Crippen LogP contribution in [0.4, 0.5) is 11.5 Å². The van der Waals surface area contributed by atoms with E-state index < -0.39 is 0 Å². The first-order valence-electron chi connectivity index (χ1n) is 8.09. The van der Waals surface area contributed by atoms with Gasteiger partial charge in [-0.25, -0.2) is 4.98 Å². The number of aromatic nitrogens is 2. The molecule has 1 aliphatic rings. The number of halogens is 1. The zero-order valence-electron chi connectivity index (χ0n) is 13.0. The maximum absolute atomic E-state index is 6.17. The smallest absolute Gasteiger partial charge is 0.225 e. The number of aryl methyl sites for hydroxylation is 3. The van der Waals surface area contributed by atoms with Crippen LogP contribution >= 0.6 is 22.9 Å². The largest absolute Gasteiger partial charge is 0.339 e. The minimum absolute atomic E-state index is 0.313. The van der Waals surface area contributed by atoms with E-state index in [2.05, 4.69) is 40.4 Å². The molecule has 4 rings (SSSR count). The molecule has 118 valence electrons. The number of thiophene rings is 1. The van der Waals surface area contributed by atoms with Crippen LogP contribution in [0.25, 0.3) is 10.2 Å². The van der Waals surface area contributed by atoms with Crippen molar-refractivity contribution in [2.45, 2.75) is 39.0 Å². The van der Waals surface area contributed by atoms with Crippen LogP contribution < -0.4 is 5.32 Å². The number of hydrogen-bond acceptors (Lipinski definition) is 4. The minimum Gasteiger partial charge on any atom is -0.339 e. The van der Waals surface area contributed by atoms with Gasteiger partial charge < -0.3 is 5.32 Å². The van der Waals surface area contributed by atoms with Crippen LogP contribution in [0.5, 0.6) is 0 Å². The second-order valence-electron chi connectivity index (χ2n) is 5.87. The molecular formula is C18H18ClN3S. The number of benzene rings is 1. The Balaban J connectivity index is 1.87. The third-order valence-electron chi connectivity index (χ3n) is 4.44. The number of fused-ring (bicyclic) bond motifs is 3. The molecular weight excluding hydrogens is 326 g/mol. The van der Waals surface area contributed by atoms with E-state index >= 15 is 0 Å². The van der Waals surface area contributed by atoms with Gasteiger partial charge in [0.1, 0.15) is 10.6 Å². The van der Waals surface area contributed by atoms with Gasteiger partial charge in [-0.15, -0.1) is 11.3 Å². The van der Waals surface area contributed by atoms with Gasteiger partial charge in [0.2, 0.25) is 5.28 Å². The highest BCUT2D eigenvalue weighted by atomic mass is 35.5. The summed E-state index contributed by atoms with van der Waals surface area (Å²) in [5, 5.41) is 4.99. The predicted octanol–water partition coefficient (Wildman–Crippen LogP) is 5.53. The number of rotatable bonds is 3. The molecule has 3 aromatic rings. The summed E-state index contributed by atoms with van der Waals surface area (Å²) in [5.41, 5.74) is 3.80. The van der Waals surface area contributed by atoms with E-state index in [-0.39, 0.29) is 0 Å². The molecule has 0 saturated carbocycles. The van der Waals surface area contributed by atoms with E-state index in [1.54, 1.807) is 11.3 Å². The first-order chi connectivity index (χ1) is 11.3. The molecule has 0 radical (unpaired) electrons. The molecule has 0 unspecified atom stereocenters. The second kappa shape index (κ2) is 6.10. The summed E-state index contributed by atoms with van der Waals surface area (Å²) in [5.74, 6) is 0.848. The fourth-order valence-electron chi connectivity index (χ4n) is 3.30. The average molecular weight is 344 g/mol. The van der Waals surface area contributed by atoms with Gasteiger partial charge in [-0.2, -0.15) is 4.98 Å². The SMILES string of the molecule is CCc1ccccc1Nc1nc(Cl)nc2sc3c(c12)CCCC3. The van der Waals surface area contributed by atoms with Crippen LogP contribution in [0.1, 0.15) is 35.8 Å². The maximum atomic E-state index is 6.17. The molecule has 0 spiro atoms. The van der Waals surface area contributed by atoms with Crippen molar-refractivity contribution in [2.75, 3.05) is 5.32 Å². The summed E-state index contributed by atoms with van der Waals surface area (Å²) >= 11 is 7.94. The standard InChI is InChI=1S/C18H18ClN3S/c1-2-11-7-3-5-9-13(11)20-16-15-12-8-4-6-10-14(12)23-17(15)22-18(19)21-16/h3,5,7,9H,2,4,6,8,10H2,1H3,(H,20,21,22). The molecule has 3 nitrogen and oxygen atoms in total. The minimum atomic E-state index is 0.313. The van der Waals surface area contributed by atoms with Gasteiger partial charge in [-0.05, 0) is 60.9 Å². The Morgan fingerprint density at radius 1 is 1.17 bits per heavy atom. The molecule has 23 heavy (non-hydrogen) atoms. The fourth-order valence-corrected chi connectivity index (χ4v) is 4.78. The van der Waals surface area contributed by atoms with Crippen molar-refractivity contribution in [1.82, 2.24) is 9.97 Å². The summed E-state index contributed by atoms with van der Waals surface area (Å²) in [6, 6.07) is 8.36. The molecule has 5 heteroatoms. The van der Waals surface area contributed by atoms with Gasteiger partial charge in [0.05, 0.1) is 5.39 Å². The fraction of sp³-hybridized carbons (Fsp3) is 0.333. The van der Waals surface area contributed by atoms with E-state index in [0.29, 0.717) is 5.28 Å². The lowest BCUT2D eigenvalue weighted by Crippen LogP contribution is -2.02. The quantitative estimate of drug-likeness (QED) is 0.635. The van der Waals surface area contributed by atoms with Gasteiger partial charge in [-0.1, -0.05) is 25.1 Å². The summed E-state index contributed by atoms with van der Waals surface area (Å²) in [6.07, 6.45) is 5.76. The van der Waals surface area contributed by atoms with E-state index in [1.807, 2.05) is 6.07 Å². The third kappa shape index (κ3) is 2.70. The molecule has 0 amide bonds. The number of anilines is 2. The molecule has 1 aromatic carbocycles. The van der Waals surface area contributed by atoms with Crippen LogP contribution in [0.15, 0.2) is 24.3 Å². The van der Waals surface area contributed by atoms with Crippen LogP contribution in [0, 0.1) is 0 Å². The van der Waals surface area contributed by atoms with Crippen molar-refractivity contribution in [3.63, 3.8) is 0 Å². The van der Waals surface area contributed by atoms with E-state index in [0.717, 1.165) is 35.6 Å². The van der Waals surface area contributed by atoms with Gasteiger partial charge in [0.25, 0.3) is 0 Å². The van der Waals surface area contributed by atoms with Crippen LogP contribution in [-0.2, 0) is 19.3 Å². The third-order valence-corrected chi connectivity index (χ3v) is 5.79. The van der Waals surface area contributed by atoms with Crippen LogP contribution in [-0.4, -0.2) is 9.97 Å². The van der Waals surface area contributed by atoms with Crippen molar-refractivity contribution >= 4 is 44.7 Å². The van der Waals surface area contributed by atoms with Crippen molar-refractivity contribution in [1.29, 1.82) is 0 Å². The number of nitrogens with one attached hydrogen (secondary N) is 1. The molecule has 0 aliphatic heterocycles. The van der Waals surface area contributed by atoms with E-state index in [1.165, 1.54) is 34.2 Å². The molecule has 2 heterocycles. The Morgan fingerprint density at radius 3 is 2.87 bits per heavy atom. The molecule has 0 fully saturated rings. The zero-order valence-corrected chi connectivity index (χ0v) is 14.6. The Kier molecular flexibility index (Phi) is 3.95. The highest BCUT2D eigenvalue weighted by Gasteiger charge is 2.21. The normalized spacial score (nSPS) is 14.0. The van der Waals surface area contributed by atoms with Crippen LogP contribution in [0.2, 0.25) is 5.28 Å². The summed E-state index contributed by atoms with van der Waals surface area (Å²) in [6.45, 7) is 2.16. The Hall–Kier alpha value is -1.65. The van der Waals surface area contributed by atoms with Crippen LogP contribution in [0.3, 0.4) is 0 Å². The maximum Gasteiger partial charge on any atom is 0.225 e. The molecule has 1 aliphatic carbocycles. The van der Waals surface area contributed by atoms with E-state index in [9.17, 15) is 0 Å². The first kappa shape index (κ1) is 14.9. The van der Waals surface area contributed by atoms with Gasteiger partial charge in [0.15, 0.2) is 0 Å².